The summed E-state index contributed by atoms with van der Waals surface area (Å²) in [5, 5.41) is 0. The van der Waals surface area contributed by atoms with E-state index >= 15 is 0 Å². The predicted molar refractivity (Wildman–Crippen MR) is 81.4 cm³/mol. The van der Waals surface area contributed by atoms with Gasteiger partial charge in [0.05, 0.1) is 0 Å². The van der Waals surface area contributed by atoms with Crippen LogP contribution in [0.1, 0.15) is 5.56 Å². The average molecular weight is 303 g/mol. The van der Waals surface area contributed by atoms with Crippen molar-refractivity contribution < 1.29 is 18.7 Å². The third-order valence-electron chi connectivity index (χ3n) is 3.00. The molecule has 0 saturated carbocycles. The molecule has 0 aliphatic heterocycles. The maximum absolute atomic E-state index is 12.8. The molecule has 0 N–H and O–H groups in total. The van der Waals surface area contributed by atoms with Crippen LogP contribution in [0.15, 0.2) is 48.5 Å². The Morgan fingerprint density at radius 3 is 2.05 bits per heavy atom. The molecule has 5 heteroatoms. The molecule has 0 bridgehead atoms. The fourth-order valence-electron chi connectivity index (χ4n) is 1.65. The van der Waals surface area contributed by atoms with Gasteiger partial charge in [-0.15, -0.1) is 0 Å². The molecular weight excluding hydrogens is 285 g/mol. The largest absolute Gasteiger partial charge is 0.489 e. The van der Waals surface area contributed by atoms with Crippen LogP contribution in [0.2, 0.25) is 0 Å². The van der Waals surface area contributed by atoms with Crippen molar-refractivity contribution in [3.05, 3.63) is 59.9 Å². The van der Waals surface area contributed by atoms with Gasteiger partial charge >= 0.3 is 0 Å². The molecule has 0 aromatic heterocycles. The topological polar surface area (TPSA) is 38.8 Å². The summed E-state index contributed by atoms with van der Waals surface area (Å²) in [6.07, 6.45) is 0. The van der Waals surface area contributed by atoms with Crippen molar-refractivity contribution in [2.45, 2.75) is 6.61 Å². The Labute approximate surface area is 129 Å². The molecule has 0 unspecified atom stereocenters. The van der Waals surface area contributed by atoms with E-state index < -0.39 is 0 Å². The predicted octanol–water partition coefficient (Wildman–Crippen LogP) is 2.87. The number of ether oxygens (including phenoxy) is 2. The van der Waals surface area contributed by atoms with E-state index in [1.165, 1.54) is 17.0 Å². The molecule has 22 heavy (non-hydrogen) atoms. The van der Waals surface area contributed by atoms with Gasteiger partial charge in [0.15, 0.2) is 6.61 Å². The van der Waals surface area contributed by atoms with Gasteiger partial charge in [0, 0.05) is 14.1 Å². The molecule has 0 fully saturated rings. The summed E-state index contributed by atoms with van der Waals surface area (Å²) in [7, 11) is 3.36. The molecule has 4 nitrogen and oxygen atoms in total. The molecule has 0 spiro atoms. The fourth-order valence-corrected chi connectivity index (χ4v) is 1.65. The second kappa shape index (κ2) is 7.45. The maximum Gasteiger partial charge on any atom is 0.259 e. The zero-order chi connectivity index (χ0) is 15.9. The monoisotopic (exact) mass is 303 g/mol. The summed E-state index contributed by atoms with van der Waals surface area (Å²) in [6.45, 7) is 0.363. The average Bonchev–Trinajstić information content (AvgIpc) is 2.53. The van der Waals surface area contributed by atoms with Gasteiger partial charge in [-0.3, -0.25) is 4.79 Å². The standard InChI is InChI=1S/C17H18FNO3/c1-19(2)17(20)12-22-16-9-7-15(8-10-16)21-11-13-3-5-14(18)6-4-13/h3-10H,11-12H2,1-2H3. The summed E-state index contributed by atoms with van der Waals surface area (Å²) in [5.74, 6) is 0.911. The van der Waals surface area contributed by atoms with Crippen LogP contribution in [-0.2, 0) is 11.4 Å². The van der Waals surface area contributed by atoms with Crippen molar-refractivity contribution >= 4 is 5.91 Å². The number of carbonyl (C=O) groups is 1. The molecule has 1 amide bonds. The first-order chi connectivity index (χ1) is 10.5. The van der Waals surface area contributed by atoms with Crippen LogP contribution in [0, 0.1) is 5.82 Å². The van der Waals surface area contributed by atoms with Gasteiger partial charge in [0.1, 0.15) is 23.9 Å². The first-order valence-corrected chi connectivity index (χ1v) is 6.85. The molecular formula is C17H18FNO3. The molecule has 2 rings (SSSR count). The van der Waals surface area contributed by atoms with Gasteiger partial charge in [0.25, 0.3) is 5.91 Å². The second-order valence-electron chi connectivity index (χ2n) is 4.96. The van der Waals surface area contributed by atoms with E-state index in [0.717, 1.165) is 5.56 Å². The molecule has 2 aromatic rings. The SMILES string of the molecule is CN(C)C(=O)COc1ccc(OCc2ccc(F)cc2)cc1. The van der Waals surface area contributed by atoms with E-state index in [9.17, 15) is 9.18 Å². The van der Waals surface area contributed by atoms with Crippen LogP contribution in [0.4, 0.5) is 4.39 Å². The van der Waals surface area contributed by atoms with Gasteiger partial charge in [-0.2, -0.15) is 0 Å². The van der Waals surface area contributed by atoms with Crippen molar-refractivity contribution in [2.75, 3.05) is 20.7 Å². The van der Waals surface area contributed by atoms with E-state index in [2.05, 4.69) is 0 Å². The lowest BCUT2D eigenvalue weighted by Crippen LogP contribution is -2.27. The number of halogens is 1. The molecule has 0 radical (unpaired) electrons. The lowest BCUT2D eigenvalue weighted by Gasteiger charge is -2.12. The van der Waals surface area contributed by atoms with Crippen LogP contribution >= 0.6 is 0 Å². The Bertz CT molecular complexity index is 609. The highest BCUT2D eigenvalue weighted by atomic mass is 19.1. The first-order valence-electron chi connectivity index (χ1n) is 6.85. The number of likely N-dealkylation sites (N-methyl/N-ethyl adjacent to an activating group) is 1. The highest BCUT2D eigenvalue weighted by Gasteiger charge is 2.05. The third-order valence-corrected chi connectivity index (χ3v) is 3.00. The van der Waals surface area contributed by atoms with Gasteiger partial charge in [0.2, 0.25) is 0 Å². The summed E-state index contributed by atoms with van der Waals surface area (Å²) in [4.78, 5) is 12.9. The summed E-state index contributed by atoms with van der Waals surface area (Å²) < 4.78 is 23.8. The molecule has 0 saturated heterocycles. The van der Waals surface area contributed by atoms with Crippen LogP contribution < -0.4 is 9.47 Å². The van der Waals surface area contributed by atoms with Crippen molar-refractivity contribution in [3.8, 4) is 11.5 Å². The molecule has 0 aliphatic carbocycles. The minimum Gasteiger partial charge on any atom is -0.489 e. The highest BCUT2D eigenvalue weighted by molar-refractivity contribution is 5.77. The third kappa shape index (κ3) is 4.77. The van der Waals surface area contributed by atoms with Crippen LogP contribution in [0.5, 0.6) is 11.5 Å². The van der Waals surface area contributed by atoms with E-state index in [0.29, 0.717) is 18.1 Å². The zero-order valence-corrected chi connectivity index (χ0v) is 12.6. The maximum atomic E-state index is 12.8. The highest BCUT2D eigenvalue weighted by Crippen LogP contribution is 2.18. The zero-order valence-electron chi connectivity index (χ0n) is 12.6. The lowest BCUT2D eigenvalue weighted by atomic mass is 10.2. The number of nitrogens with zero attached hydrogens (tertiary/aromatic N) is 1. The number of carbonyl (C=O) groups excluding carboxylic acids is 1. The molecule has 0 heterocycles. The molecule has 2 aromatic carbocycles. The smallest absolute Gasteiger partial charge is 0.259 e. The number of rotatable bonds is 6. The fraction of sp³-hybridized carbons (Fsp3) is 0.235. The Kier molecular flexibility index (Phi) is 5.36. The Morgan fingerprint density at radius 2 is 1.50 bits per heavy atom. The van der Waals surface area contributed by atoms with Gasteiger partial charge in [-0.05, 0) is 42.0 Å². The Balaban J connectivity index is 1.84. The summed E-state index contributed by atoms with van der Waals surface area (Å²) in [5.41, 5.74) is 0.887. The lowest BCUT2D eigenvalue weighted by molar-refractivity contribution is -0.130. The van der Waals surface area contributed by atoms with Crippen molar-refractivity contribution in [1.82, 2.24) is 4.90 Å². The van der Waals surface area contributed by atoms with E-state index in [1.807, 2.05) is 0 Å². The Morgan fingerprint density at radius 1 is 0.955 bits per heavy atom. The number of hydrogen-bond acceptors (Lipinski definition) is 3. The van der Waals surface area contributed by atoms with Crippen molar-refractivity contribution in [3.63, 3.8) is 0 Å². The first kappa shape index (κ1) is 15.8. The molecule has 0 aliphatic rings. The van der Waals surface area contributed by atoms with E-state index in [4.69, 9.17) is 9.47 Å². The number of benzene rings is 2. The van der Waals surface area contributed by atoms with E-state index in [-0.39, 0.29) is 18.3 Å². The van der Waals surface area contributed by atoms with Crippen molar-refractivity contribution in [2.24, 2.45) is 0 Å². The minimum atomic E-state index is -0.266. The summed E-state index contributed by atoms with van der Waals surface area (Å²) >= 11 is 0. The molecule has 116 valence electrons. The van der Waals surface area contributed by atoms with Crippen molar-refractivity contribution in [1.29, 1.82) is 0 Å². The van der Waals surface area contributed by atoms with Crippen LogP contribution in [-0.4, -0.2) is 31.5 Å². The Hall–Kier alpha value is -2.56. The quantitative estimate of drug-likeness (QED) is 0.823. The van der Waals surface area contributed by atoms with Gasteiger partial charge in [-0.25, -0.2) is 4.39 Å². The number of amides is 1. The minimum absolute atomic E-state index is 0.00276. The second-order valence-corrected chi connectivity index (χ2v) is 4.96. The normalized spacial score (nSPS) is 10.1. The van der Waals surface area contributed by atoms with Crippen LogP contribution in [0.25, 0.3) is 0 Å². The van der Waals surface area contributed by atoms with Gasteiger partial charge in [-0.1, -0.05) is 12.1 Å². The summed E-state index contributed by atoms with van der Waals surface area (Å²) in [6, 6.07) is 13.2. The molecule has 0 atom stereocenters. The number of hydrogen-bond donors (Lipinski definition) is 0. The van der Waals surface area contributed by atoms with E-state index in [1.54, 1.807) is 50.5 Å². The van der Waals surface area contributed by atoms with Gasteiger partial charge < -0.3 is 14.4 Å². The van der Waals surface area contributed by atoms with Crippen LogP contribution in [0.3, 0.4) is 0 Å².